The van der Waals surface area contributed by atoms with E-state index in [-0.39, 0.29) is 0 Å². The van der Waals surface area contributed by atoms with Crippen molar-refractivity contribution in [2.24, 2.45) is 5.92 Å². The maximum absolute atomic E-state index is 2.59. The van der Waals surface area contributed by atoms with Gasteiger partial charge >= 0.3 is 0 Å². The smallest absolute Gasteiger partial charge is 0.118 e. The topological polar surface area (TPSA) is 0 Å². The predicted octanol–water partition coefficient (Wildman–Crippen LogP) is 3.90. The third kappa shape index (κ3) is 1.54. The highest BCUT2D eigenvalue weighted by Crippen LogP contribution is 2.52. The lowest BCUT2D eigenvalue weighted by Crippen LogP contribution is -2.60. The van der Waals surface area contributed by atoms with E-state index in [9.17, 15) is 0 Å². The summed E-state index contributed by atoms with van der Waals surface area (Å²) in [4.78, 5) is 0. The lowest BCUT2D eigenvalue weighted by Gasteiger charge is -2.51. The van der Waals surface area contributed by atoms with Gasteiger partial charge in [0.05, 0.1) is 20.1 Å². The van der Waals surface area contributed by atoms with Crippen LogP contribution in [0.25, 0.3) is 0 Å². The molecule has 1 fully saturated rings. The largest absolute Gasteiger partial charge is 0.317 e. The van der Waals surface area contributed by atoms with Crippen molar-refractivity contribution >= 4 is 0 Å². The van der Waals surface area contributed by atoms with Gasteiger partial charge in [0.15, 0.2) is 0 Å². The van der Waals surface area contributed by atoms with Gasteiger partial charge in [0, 0.05) is 18.8 Å². The van der Waals surface area contributed by atoms with Crippen molar-refractivity contribution in [2.75, 3.05) is 20.1 Å². The van der Waals surface area contributed by atoms with Gasteiger partial charge in [-0.05, 0) is 44.6 Å². The third-order valence-corrected chi connectivity index (χ3v) is 6.26. The number of hydrogen-bond donors (Lipinski definition) is 0. The summed E-state index contributed by atoms with van der Waals surface area (Å²) in [6, 6.07) is 0. The minimum Gasteiger partial charge on any atom is -0.317 e. The van der Waals surface area contributed by atoms with Crippen molar-refractivity contribution in [3.8, 4) is 0 Å². The summed E-state index contributed by atoms with van der Waals surface area (Å²) in [5.41, 5.74) is 4.27. The second-order valence-corrected chi connectivity index (χ2v) is 7.09. The molecule has 1 nitrogen and oxygen atoms in total. The van der Waals surface area contributed by atoms with Crippen molar-refractivity contribution in [3.63, 3.8) is 0 Å². The third-order valence-electron chi connectivity index (χ3n) is 6.26. The highest BCUT2D eigenvalue weighted by atomic mass is 15.4. The van der Waals surface area contributed by atoms with E-state index in [0.29, 0.717) is 5.54 Å². The molecular weight excluding hydrogens is 206 g/mol. The van der Waals surface area contributed by atoms with E-state index >= 15 is 0 Å². The van der Waals surface area contributed by atoms with E-state index in [1.807, 2.05) is 11.1 Å². The molecule has 0 aromatic carbocycles. The summed E-state index contributed by atoms with van der Waals surface area (Å²) in [6.45, 7) is 7.81. The number of likely N-dealkylation sites (N-methyl/N-ethyl adjacent to an activating group) is 1. The number of rotatable bonds is 1. The first-order valence-corrected chi connectivity index (χ1v) is 7.65. The van der Waals surface area contributed by atoms with Gasteiger partial charge in [-0.3, -0.25) is 0 Å². The molecule has 3 rings (SSSR count). The molecule has 0 saturated carbocycles. The SMILES string of the molecule is CC[C@H]1C[C@@]2(C)C3=C(CCCC3)CC[N+]2(C)C1. The molecule has 0 radical (unpaired) electrons. The molecule has 17 heavy (non-hydrogen) atoms. The zero-order valence-corrected chi connectivity index (χ0v) is 11.9. The zero-order valence-electron chi connectivity index (χ0n) is 11.9. The Kier molecular flexibility index (Phi) is 2.66. The van der Waals surface area contributed by atoms with Crippen LogP contribution in [0.3, 0.4) is 0 Å². The maximum Gasteiger partial charge on any atom is 0.118 e. The quantitative estimate of drug-likeness (QED) is 0.477. The standard InChI is InChI=1S/C16H28N/c1-4-13-11-16(2)15-8-6-5-7-14(15)9-10-17(16,3)12-13/h13H,4-12H2,1-3H3/q+1/t13-,16-,17?/m0/s1. The summed E-state index contributed by atoms with van der Waals surface area (Å²) in [6.07, 6.45) is 9.97. The molecule has 2 aliphatic heterocycles. The highest BCUT2D eigenvalue weighted by molar-refractivity contribution is 5.29. The number of nitrogens with zero attached hydrogens (tertiary/aromatic N) is 1. The average molecular weight is 234 g/mol. The summed E-state index contributed by atoms with van der Waals surface area (Å²) < 4.78 is 1.35. The molecule has 1 unspecified atom stereocenters. The first kappa shape index (κ1) is 11.8. The Morgan fingerprint density at radius 1 is 1.24 bits per heavy atom. The van der Waals surface area contributed by atoms with Gasteiger partial charge in [-0.2, -0.15) is 0 Å². The van der Waals surface area contributed by atoms with Crippen LogP contribution in [0.1, 0.15) is 58.8 Å². The van der Waals surface area contributed by atoms with Crippen LogP contribution in [0, 0.1) is 5.92 Å². The van der Waals surface area contributed by atoms with Crippen LogP contribution in [0.2, 0.25) is 0 Å². The summed E-state index contributed by atoms with van der Waals surface area (Å²) in [5.74, 6) is 0.971. The van der Waals surface area contributed by atoms with E-state index < -0.39 is 0 Å². The Hall–Kier alpha value is -0.300. The molecular formula is C16H28N+. The molecule has 3 atom stereocenters. The van der Waals surface area contributed by atoms with Gasteiger partial charge in [-0.1, -0.05) is 12.5 Å². The molecule has 96 valence electrons. The molecule has 1 aliphatic carbocycles. The lowest BCUT2D eigenvalue weighted by atomic mass is 9.73. The molecule has 3 aliphatic rings. The number of fused-ring (bicyclic) bond motifs is 2. The van der Waals surface area contributed by atoms with Gasteiger partial charge in [0.25, 0.3) is 0 Å². The van der Waals surface area contributed by atoms with E-state index in [1.165, 1.54) is 62.5 Å². The fourth-order valence-electron chi connectivity index (χ4n) is 4.95. The van der Waals surface area contributed by atoms with Crippen LogP contribution in [-0.4, -0.2) is 30.2 Å². The van der Waals surface area contributed by atoms with Crippen molar-refractivity contribution in [2.45, 2.75) is 64.3 Å². The molecule has 0 amide bonds. The molecule has 0 aromatic heterocycles. The normalized spacial score (nSPS) is 45.7. The molecule has 1 heteroatoms. The van der Waals surface area contributed by atoms with Crippen LogP contribution in [-0.2, 0) is 0 Å². The van der Waals surface area contributed by atoms with Crippen LogP contribution >= 0.6 is 0 Å². The first-order valence-electron chi connectivity index (χ1n) is 7.65. The average Bonchev–Trinajstić information content (AvgIpc) is 2.62. The van der Waals surface area contributed by atoms with Crippen molar-refractivity contribution in [1.29, 1.82) is 0 Å². The van der Waals surface area contributed by atoms with E-state index in [2.05, 4.69) is 20.9 Å². The zero-order chi connectivity index (χ0) is 12.1. The fourth-order valence-corrected chi connectivity index (χ4v) is 4.95. The van der Waals surface area contributed by atoms with Crippen molar-refractivity contribution in [3.05, 3.63) is 11.1 Å². The van der Waals surface area contributed by atoms with Crippen LogP contribution in [0.5, 0.6) is 0 Å². The van der Waals surface area contributed by atoms with Crippen molar-refractivity contribution in [1.82, 2.24) is 0 Å². The lowest BCUT2D eigenvalue weighted by molar-refractivity contribution is -0.942. The molecule has 0 N–H and O–H groups in total. The van der Waals surface area contributed by atoms with Gasteiger partial charge in [-0.15, -0.1) is 0 Å². The molecule has 0 aromatic rings. The first-order chi connectivity index (χ1) is 8.09. The minimum atomic E-state index is 0.509. The minimum absolute atomic E-state index is 0.509. The molecule has 2 heterocycles. The Labute approximate surface area is 106 Å². The summed E-state index contributed by atoms with van der Waals surface area (Å²) >= 11 is 0. The van der Waals surface area contributed by atoms with Crippen LogP contribution < -0.4 is 0 Å². The van der Waals surface area contributed by atoms with Crippen LogP contribution in [0.4, 0.5) is 0 Å². The molecule has 1 saturated heterocycles. The highest BCUT2D eigenvalue weighted by Gasteiger charge is 2.56. The monoisotopic (exact) mass is 234 g/mol. The number of quaternary nitrogens is 1. The second-order valence-electron chi connectivity index (χ2n) is 7.09. The fraction of sp³-hybridized carbons (Fsp3) is 0.875. The van der Waals surface area contributed by atoms with Gasteiger partial charge in [0.1, 0.15) is 5.54 Å². The van der Waals surface area contributed by atoms with E-state index in [1.54, 1.807) is 0 Å². The Bertz CT molecular complexity index is 357. The predicted molar refractivity (Wildman–Crippen MR) is 72.8 cm³/mol. The Balaban J connectivity index is 2.01. The Morgan fingerprint density at radius 2 is 2.00 bits per heavy atom. The van der Waals surface area contributed by atoms with Gasteiger partial charge in [0.2, 0.25) is 0 Å². The van der Waals surface area contributed by atoms with Crippen LogP contribution in [0.15, 0.2) is 11.1 Å². The number of hydrogen-bond acceptors (Lipinski definition) is 0. The second kappa shape index (κ2) is 3.85. The summed E-state index contributed by atoms with van der Waals surface area (Å²) in [7, 11) is 2.54. The Morgan fingerprint density at radius 3 is 2.76 bits per heavy atom. The van der Waals surface area contributed by atoms with E-state index in [4.69, 9.17) is 0 Å². The van der Waals surface area contributed by atoms with Gasteiger partial charge < -0.3 is 4.48 Å². The van der Waals surface area contributed by atoms with E-state index in [0.717, 1.165) is 5.92 Å². The molecule has 0 bridgehead atoms. The molecule has 0 spiro atoms. The van der Waals surface area contributed by atoms with Gasteiger partial charge in [-0.25, -0.2) is 0 Å². The van der Waals surface area contributed by atoms with Crippen molar-refractivity contribution < 1.29 is 4.48 Å². The maximum atomic E-state index is 2.59. The summed E-state index contributed by atoms with van der Waals surface area (Å²) in [5, 5.41) is 0.